The van der Waals surface area contributed by atoms with Crippen molar-refractivity contribution in [2.75, 3.05) is 45.6 Å². The van der Waals surface area contributed by atoms with Crippen LogP contribution in [0.2, 0.25) is 0 Å². The molecule has 0 aromatic heterocycles. The molecule has 0 radical (unpaired) electrons. The number of carbonyl (C=O) groups excluding carboxylic acids is 1. The zero-order valence-corrected chi connectivity index (χ0v) is 21.7. The third-order valence-electron chi connectivity index (χ3n) is 4.70. The van der Waals surface area contributed by atoms with Gasteiger partial charge in [-0.2, -0.15) is 0 Å². The summed E-state index contributed by atoms with van der Waals surface area (Å²) < 4.78 is 28.6. The van der Waals surface area contributed by atoms with E-state index >= 15 is 0 Å². The molecule has 0 saturated carbocycles. The Labute approximate surface area is 207 Å². The van der Waals surface area contributed by atoms with Crippen molar-refractivity contribution in [2.24, 2.45) is 0 Å². The number of benzene rings is 1. The van der Waals surface area contributed by atoms with Crippen LogP contribution in [0.1, 0.15) is 27.7 Å². The third-order valence-corrected chi connectivity index (χ3v) is 5.83. The molecule has 12 heteroatoms. The molecular formula is C23H37N3O8S. The van der Waals surface area contributed by atoms with Gasteiger partial charge in [-0.25, -0.2) is 22.8 Å². The molecule has 0 spiro atoms. The van der Waals surface area contributed by atoms with E-state index in [4.69, 9.17) is 14.9 Å². The standard InChI is InChI=1S/C19H33N3O4S.C4H4O4/c1-6-21(7-2)13-12-20-19(23)22(16(3)4)14-15-26-17-8-10-18(11-9-17)27(5,24)25;5-3(6)1-2-4(7)8/h8-11,16H,6-7,12-15H2,1-5H3,(H,20,23);1-2H,(H,5,6)(H,7,8)/b;2-1+. The fourth-order valence-electron chi connectivity index (χ4n) is 2.74. The molecule has 0 aliphatic rings. The summed E-state index contributed by atoms with van der Waals surface area (Å²) in [6.45, 7) is 12.3. The minimum absolute atomic E-state index is 0.0506. The van der Waals surface area contributed by atoms with Gasteiger partial charge in [-0.3, -0.25) is 0 Å². The number of nitrogens with zero attached hydrogens (tertiary/aromatic N) is 2. The fraction of sp³-hybridized carbons (Fsp3) is 0.522. The molecule has 1 rings (SSSR count). The quantitative estimate of drug-likeness (QED) is 0.334. The summed E-state index contributed by atoms with van der Waals surface area (Å²) >= 11 is 0. The van der Waals surface area contributed by atoms with Crippen LogP contribution in [0, 0.1) is 0 Å². The number of carboxylic acids is 2. The molecule has 3 N–H and O–H groups in total. The van der Waals surface area contributed by atoms with Gasteiger partial charge in [-0.15, -0.1) is 0 Å². The minimum atomic E-state index is -3.22. The molecule has 0 heterocycles. The molecule has 11 nitrogen and oxygen atoms in total. The number of amides is 2. The van der Waals surface area contributed by atoms with Crippen molar-refractivity contribution in [1.29, 1.82) is 0 Å². The van der Waals surface area contributed by atoms with Crippen molar-refractivity contribution in [3.8, 4) is 5.75 Å². The van der Waals surface area contributed by atoms with E-state index in [0.29, 0.717) is 37.6 Å². The summed E-state index contributed by atoms with van der Waals surface area (Å²) in [6, 6.07) is 6.23. The summed E-state index contributed by atoms with van der Waals surface area (Å²) in [5.41, 5.74) is 0. The maximum atomic E-state index is 12.4. The zero-order valence-electron chi connectivity index (χ0n) is 20.9. The number of carbonyl (C=O) groups is 3. The predicted molar refractivity (Wildman–Crippen MR) is 132 cm³/mol. The van der Waals surface area contributed by atoms with Crippen LogP contribution in [0.4, 0.5) is 4.79 Å². The Morgan fingerprint density at radius 1 is 1.00 bits per heavy atom. The number of likely N-dealkylation sites (N-methyl/N-ethyl adjacent to an activating group) is 1. The predicted octanol–water partition coefficient (Wildman–Crippen LogP) is 1.94. The Balaban J connectivity index is 0.00000124. The molecule has 0 atom stereocenters. The highest BCUT2D eigenvalue weighted by atomic mass is 32.2. The first-order valence-corrected chi connectivity index (χ1v) is 13.0. The van der Waals surface area contributed by atoms with Gasteiger partial charge < -0.3 is 30.1 Å². The maximum Gasteiger partial charge on any atom is 0.328 e. The molecule has 198 valence electrons. The van der Waals surface area contributed by atoms with Crippen molar-refractivity contribution < 1.29 is 37.8 Å². The van der Waals surface area contributed by atoms with Gasteiger partial charge in [-0.05, 0) is 51.2 Å². The average Bonchev–Trinajstić information content (AvgIpc) is 2.78. The number of sulfone groups is 1. The second-order valence-corrected chi connectivity index (χ2v) is 9.66. The summed E-state index contributed by atoms with van der Waals surface area (Å²) in [4.78, 5) is 35.8. The number of carboxylic acid groups (broad SMARTS) is 2. The van der Waals surface area contributed by atoms with E-state index in [1.54, 1.807) is 17.0 Å². The lowest BCUT2D eigenvalue weighted by atomic mass is 10.3. The average molecular weight is 516 g/mol. The molecule has 0 saturated heterocycles. The Hall–Kier alpha value is -3.12. The summed E-state index contributed by atoms with van der Waals surface area (Å²) in [6.07, 6.45) is 2.28. The van der Waals surface area contributed by atoms with E-state index in [0.717, 1.165) is 19.6 Å². The van der Waals surface area contributed by atoms with Crippen LogP contribution >= 0.6 is 0 Å². The minimum Gasteiger partial charge on any atom is -0.492 e. The van der Waals surface area contributed by atoms with Crippen LogP contribution in [0.15, 0.2) is 41.3 Å². The van der Waals surface area contributed by atoms with Crippen LogP contribution in [0.3, 0.4) is 0 Å². The number of urea groups is 1. The molecule has 0 bridgehead atoms. The number of hydrogen-bond donors (Lipinski definition) is 3. The van der Waals surface area contributed by atoms with Gasteiger partial charge in [-0.1, -0.05) is 13.8 Å². The van der Waals surface area contributed by atoms with Gasteiger partial charge in [0.05, 0.1) is 11.4 Å². The number of rotatable bonds is 13. The van der Waals surface area contributed by atoms with Gasteiger partial charge in [0, 0.05) is 37.5 Å². The number of hydrogen-bond acceptors (Lipinski definition) is 7. The van der Waals surface area contributed by atoms with E-state index in [2.05, 4.69) is 24.1 Å². The molecule has 1 aromatic carbocycles. The van der Waals surface area contributed by atoms with Crippen molar-refractivity contribution in [2.45, 2.75) is 38.6 Å². The van der Waals surface area contributed by atoms with Gasteiger partial charge in [0.15, 0.2) is 9.84 Å². The SMILES string of the molecule is CCN(CC)CCNC(=O)N(CCOc1ccc(S(C)(=O)=O)cc1)C(C)C.O=C(O)/C=C/C(=O)O. The number of nitrogens with one attached hydrogen (secondary N) is 1. The highest BCUT2D eigenvalue weighted by molar-refractivity contribution is 7.90. The lowest BCUT2D eigenvalue weighted by molar-refractivity contribution is -0.134. The van der Waals surface area contributed by atoms with Gasteiger partial charge in [0.1, 0.15) is 12.4 Å². The zero-order chi connectivity index (χ0) is 27.0. The van der Waals surface area contributed by atoms with Gasteiger partial charge in [0.25, 0.3) is 0 Å². The Morgan fingerprint density at radius 2 is 1.51 bits per heavy atom. The number of aliphatic carboxylic acids is 2. The van der Waals surface area contributed by atoms with Crippen molar-refractivity contribution in [3.05, 3.63) is 36.4 Å². The Kier molecular flexibility index (Phi) is 15.0. The van der Waals surface area contributed by atoms with E-state index in [1.165, 1.54) is 18.4 Å². The van der Waals surface area contributed by atoms with Crippen LogP contribution in [0.25, 0.3) is 0 Å². The molecule has 0 fully saturated rings. The molecular weight excluding hydrogens is 478 g/mol. The van der Waals surface area contributed by atoms with E-state index < -0.39 is 21.8 Å². The van der Waals surface area contributed by atoms with Crippen LogP contribution < -0.4 is 10.1 Å². The van der Waals surface area contributed by atoms with Gasteiger partial charge in [0.2, 0.25) is 0 Å². The van der Waals surface area contributed by atoms with Crippen LogP contribution in [-0.4, -0.2) is 98.0 Å². The molecule has 0 aliphatic heterocycles. The second-order valence-electron chi connectivity index (χ2n) is 7.65. The van der Waals surface area contributed by atoms with Crippen LogP contribution in [0.5, 0.6) is 5.75 Å². The van der Waals surface area contributed by atoms with Crippen LogP contribution in [-0.2, 0) is 19.4 Å². The highest BCUT2D eigenvalue weighted by Gasteiger charge is 2.16. The molecule has 0 unspecified atom stereocenters. The summed E-state index contributed by atoms with van der Waals surface area (Å²) in [5, 5.41) is 18.6. The first kappa shape index (κ1) is 31.9. The first-order chi connectivity index (χ1) is 16.3. The molecule has 1 aromatic rings. The Morgan fingerprint density at radius 3 is 1.91 bits per heavy atom. The normalized spacial score (nSPS) is 11.2. The third kappa shape index (κ3) is 14.7. The topological polar surface area (TPSA) is 154 Å². The largest absolute Gasteiger partial charge is 0.492 e. The van der Waals surface area contributed by atoms with Crippen molar-refractivity contribution in [1.82, 2.24) is 15.1 Å². The molecule has 2 amide bonds. The number of ether oxygens (including phenoxy) is 1. The second kappa shape index (κ2) is 16.5. The Bertz CT molecular complexity index is 911. The smallest absolute Gasteiger partial charge is 0.328 e. The first-order valence-electron chi connectivity index (χ1n) is 11.1. The lowest BCUT2D eigenvalue weighted by Crippen LogP contribution is -2.47. The van der Waals surface area contributed by atoms with Gasteiger partial charge >= 0.3 is 18.0 Å². The maximum absolute atomic E-state index is 12.4. The lowest BCUT2D eigenvalue weighted by Gasteiger charge is -2.27. The molecule has 0 aliphatic carbocycles. The van der Waals surface area contributed by atoms with E-state index in [1.807, 2.05) is 13.8 Å². The highest BCUT2D eigenvalue weighted by Crippen LogP contribution is 2.15. The van der Waals surface area contributed by atoms with Crippen molar-refractivity contribution >= 4 is 27.8 Å². The summed E-state index contributed by atoms with van der Waals surface area (Å²) in [5.74, 6) is -1.94. The van der Waals surface area contributed by atoms with E-state index in [9.17, 15) is 22.8 Å². The summed E-state index contributed by atoms with van der Waals surface area (Å²) in [7, 11) is -3.22. The van der Waals surface area contributed by atoms with Crippen molar-refractivity contribution in [3.63, 3.8) is 0 Å². The van der Waals surface area contributed by atoms with E-state index in [-0.39, 0.29) is 17.0 Å². The fourth-order valence-corrected chi connectivity index (χ4v) is 3.37. The molecule has 35 heavy (non-hydrogen) atoms. The monoisotopic (exact) mass is 515 g/mol.